The van der Waals surface area contributed by atoms with Crippen LogP contribution >= 0.6 is 0 Å². The number of hydrogen-bond acceptors (Lipinski definition) is 8. The van der Waals surface area contributed by atoms with Gasteiger partial charge >= 0.3 is 0 Å². The molecule has 0 N–H and O–H groups in total. The van der Waals surface area contributed by atoms with Crippen molar-refractivity contribution in [1.29, 1.82) is 0 Å². The maximum Gasteiger partial charge on any atom is 0.164 e. The number of fused-ring (bicyclic) bond motifs is 14. The molecule has 0 amide bonds. The number of benzene rings is 19. The zero-order valence-electron chi connectivity index (χ0n) is 70.3. The van der Waals surface area contributed by atoms with Crippen molar-refractivity contribution in [3.63, 3.8) is 0 Å². The summed E-state index contributed by atoms with van der Waals surface area (Å²) in [5.74, 6) is 3.57. The highest BCUT2D eigenvalue weighted by Crippen LogP contribution is 2.50. The number of rotatable bonds is 15. The van der Waals surface area contributed by atoms with Crippen molar-refractivity contribution in [2.75, 3.05) is 0 Å². The molecule has 10 heteroatoms. The zero-order valence-corrected chi connectivity index (χ0v) is 70.3. The van der Waals surface area contributed by atoms with E-state index in [-0.39, 0.29) is 0 Å². The normalized spacial score (nSPS) is 11.5. The van der Waals surface area contributed by atoms with Gasteiger partial charge in [0, 0.05) is 82.6 Å². The Morgan fingerprint density at radius 1 is 0.162 bits per heavy atom. The molecule has 0 aliphatic heterocycles. The van der Waals surface area contributed by atoms with Crippen LogP contribution < -0.4 is 0 Å². The molecular formula is C120H76N8O2. The van der Waals surface area contributed by atoms with Crippen molar-refractivity contribution in [3.8, 4) is 158 Å². The molecule has 0 radical (unpaired) electrons. The van der Waals surface area contributed by atoms with Gasteiger partial charge in [0.15, 0.2) is 34.9 Å². The SMILES string of the molecule is c1ccc(-c2cccc(-c3ccc(-c4cccc5oc6ccc7c8ccccc8n(-c8ccccc8)c7c6c45)c(-c4nc(-c5ccccc5)nc(-c5ccccc5)n4)c3)c2)cc1.c1ccc(-c2nc(-c3ccccc3)nc(-c3cc(-c4ccc(-c5ccccc5)c(-c5ccccc5)c4)ccc3-c3cccc4c3oc3c4ccc4c3c3ccccc3n4-c3ccccc3)n2)cc1. The second-order valence-electron chi connectivity index (χ2n) is 32.6. The number of para-hydroxylation sites is 5. The second-order valence-corrected chi connectivity index (χ2v) is 32.6. The first-order chi connectivity index (χ1) is 64.5. The lowest BCUT2D eigenvalue weighted by atomic mass is 9.89. The van der Waals surface area contributed by atoms with Gasteiger partial charge in [0.25, 0.3) is 0 Å². The number of nitrogens with zero attached hydrogens (tertiary/aromatic N) is 8. The Morgan fingerprint density at radius 3 is 1.06 bits per heavy atom. The van der Waals surface area contributed by atoms with Crippen LogP contribution in [0.5, 0.6) is 0 Å². The summed E-state index contributed by atoms with van der Waals surface area (Å²) in [6, 6.07) is 161. The van der Waals surface area contributed by atoms with E-state index >= 15 is 0 Å². The molecule has 0 saturated carbocycles. The van der Waals surface area contributed by atoms with E-state index in [1.165, 1.54) is 27.5 Å². The molecule has 25 aromatic rings. The van der Waals surface area contributed by atoms with Crippen LogP contribution in [0.3, 0.4) is 0 Å². The molecule has 130 heavy (non-hydrogen) atoms. The second kappa shape index (κ2) is 32.5. The first-order valence-corrected chi connectivity index (χ1v) is 43.8. The quantitative estimate of drug-likeness (QED) is 0.0997. The first-order valence-electron chi connectivity index (χ1n) is 43.8. The van der Waals surface area contributed by atoms with Gasteiger partial charge in [0.2, 0.25) is 0 Å². The van der Waals surface area contributed by atoms with Gasteiger partial charge in [0.1, 0.15) is 22.3 Å². The lowest BCUT2D eigenvalue weighted by molar-refractivity contribution is 0.669. The third kappa shape index (κ3) is 13.6. The molecule has 0 aliphatic carbocycles. The topological polar surface area (TPSA) is 113 Å². The van der Waals surface area contributed by atoms with E-state index in [0.29, 0.717) is 34.9 Å². The lowest BCUT2D eigenvalue weighted by Crippen LogP contribution is -2.01. The van der Waals surface area contributed by atoms with E-state index < -0.39 is 0 Å². The van der Waals surface area contributed by atoms with Crippen LogP contribution in [0.15, 0.2) is 470 Å². The minimum atomic E-state index is 0.570. The predicted molar refractivity (Wildman–Crippen MR) is 534 cm³/mol. The van der Waals surface area contributed by atoms with E-state index in [4.69, 9.17) is 38.7 Å². The van der Waals surface area contributed by atoms with Crippen molar-refractivity contribution in [2.24, 2.45) is 0 Å². The molecule has 25 rings (SSSR count). The van der Waals surface area contributed by atoms with Crippen LogP contribution in [0.1, 0.15) is 0 Å². The third-order valence-electron chi connectivity index (χ3n) is 24.9. The number of aromatic nitrogens is 8. The minimum Gasteiger partial charge on any atom is -0.456 e. The summed E-state index contributed by atoms with van der Waals surface area (Å²) in [5.41, 5.74) is 30.6. The summed E-state index contributed by atoms with van der Waals surface area (Å²) in [6.07, 6.45) is 0. The van der Waals surface area contributed by atoms with Gasteiger partial charge in [-0.1, -0.05) is 370 Å². The van der Waals surface area contributed by atoms with Crippen molar-refractivity contribution in [3.05, 3.63) is 461 Å². The number of hydrogen-bond donors (Lipinski definition) is 0. The van der Waals surface area contributed by atoms with Gasteiger partial charge in [-0.2, -0.15) is 0 Å². The lowest BCUT2D eigenvalue weighted by Gasteiger charge is -2.16. The fraction of sp³-hybridized carbons (Fsp3) is 0. The van der Waals surface area contributed by atoms with Gasteiger partial charge in [-0.15, -0.1) is 0 Å². The van der Waals surface area contributed by atoms with Crippen LogP contribution in [-0.2, 0) is 0 Å². The third-order valence-corrected chi connectivity index (χ3v) is 24.9. The van der Waals surface area contributed by atoms with Gasteiger partial charge in [-0.25, -0.2) is 29.9 Å². The van der Waals surface area contributed by atoms with E-state index in [9.17, 15) is 0 Å². The molecular weight excluding hydrogens is 1590 g/mol. The Balaban J connectivity index is 0.000000145. The fourth-order valence-electron chi connectivity index (χ4n) is 18.9. The van der Waals surface area contributed by atoms with E-state index in [1.807, 2.05) is 72.8 Å². The smallest absolute Gasteiger partial charge is 0.164 e. The monoisotopic (exact) mass is 1660 g/mol. The molecule has 0 atom stereocenters. The highest BCUT2D eigenvalue weighted by Gasteiger charge is 2.28. The maximum absolute atomic E-state index is 7.25. The van der Waals surface area contributed by atoms with E-state index in [1.54, 1.807) is 0 Å². The van der Waals surface area contributed by atoms with Crippen molar-refractivity contribution in [1.82, 2.24) is 39.0 Å². The van der Waals surface area contributed by atoms with Gasteiger partial charge < -0.3 is 18.0 Å². The molecule has 6 aromatic heterocycles. The Bertz CT molecular complexity index is 8500. The van der Waals surface area contributed by atoms with Crippen LogP contribution in [0.25, 0.3) is 245 Å². The van der Waals surface area contributed by atoms with Crippen molar-refractivity contribution >= 4 is 87.5 Å². The van der Waals surface area contributed by atoms with Gasteiger partial charge in [-0.3, -0.25) is 0 Å². The van der Waals surface area contributed by atoms with Gasteiger partial charge in [-0.05, 0) is 163 Å². The molecule has 0 unspecified atom stereocenters. The summed E-state index contributed by atoms with van der Waals surface area (Å²) in [7, 11) is 0. The summed E-state index contributed by atoms with van der Waals surface area (Å²) in [5, 5.41) is 8.79. The van der Waals surface area contributed by atoms with Gasteiger partial charge in [0.05, 0.1) is 32.8 Å². The summed E-state index contributed by atoms with van der Waals surface area (Å²) >= 11 is 0. The maximum atomic E-state index is 7.25. The minimum absolute atomic E-state index is 0.570. The summed E-state index contributed by atoms with van der Waals surface area (Å²) in [4.78, 5) is 31.4. The molecule has 0 bridgehead atoms. The van der Waals surface area contributed by atoms with Crippen LogP contribution in [0, 0.1) is 0 Å². The van der Waals surface area contributed by atoms with Crippen molar-refractivity contribution < 1.29 is 8.83 Å². The first kappa shape index (κ1) is 76.1. The van der Waals surface area contributed by atoms with Crippen molar-refractivity contribution in [2.45, 2.75) is 0 Å². The average Bonchev–Trinajstić information content (AvgIpc) is 1.55. The summed E-state index contributed by atoms with van der Waals surface area (Å²) < 4.78 is 18.8. The Kier molecular flexibility index (Phi) is 19.0. The Morgan fingerprint density at radius 2 is 0.523 bits per heavy atom. The van der Waals surface area contributed by atoms with Crippen LogP contribution in [-0.4, -0.2) is 39.0 Å². The highest BCUT2D eigenvalue weighted by atomic mass is 16.3. The van der Waals surface area contributed by atoms with Crippen LogP contribution in [0.4, 0.5) is 0 Å². The largest absolute Gasteiger partial charge is 0.456 e. The highest BCUT2D eigenvalue weighted by molar-refractivity contribution is 6.28. The molecule has 0 aliphatic rings. The van der Waals surface area contributed by atoms with E-state index in [0.717, 1.165) is 183 Å². The molecule has 608 valence electrons. The van der Waals surface area contributed by atoms with Crippen LogP contribution in [0.2, 0.25) is 0 Å². The number of furan rings is 2. The molecule has 0 spiro atoms. The molecule has 0 fully saturated rings. The summed E-state index contributed by atoms with van der Waals surface area (Å²) in [6.45, 7) is 0. The standard InChI is InChI=1S/C63H40N4O.C57H36N4O/c1-6-19-41(20-7-1)48-35-33-45(39-54(48)42-21-8-2-9-22-42)46-34-36-49(55(40-46)63-65-61(43-23-10-3-11-24-43)64-62(66-63)44-25-12-4-13-26-44)50-30-18-31-51-52-37-38-57-58(60(52)68-59(50)51)53-29-16-17-32-56(53)67(57)47-27-14-5-15-28-47;1-5-17-37(18-6-1)40-23-15-24-41(35-40)42-31-32-44(48(36-42)57-59-55(38-19-7-2-8-20-38)58-56(60-57)39-21-9-3-10-22-39)46-28-16-30-50-52(46)53-51(62-50)34-33-47-45-27-13-14-29-49(45)61(54(47)53)43-25-11-4-12-26-43/h1-40H;1-36H. The Labute approximate surface area is 749 Å². The molecule has 10 nitrogen and oxygen atoms in total. The Hall–Kier alpha value is -17.6. The fourth-order valence-corrected chi connectivity index (χ4v) is 18.9. The predicted octanol–water partition coefficient (Wildman–Crippen LogP) is 31.4. The molecule has 6 heterocycles. The van der Waals surface area contributed by atoms with E-state index in [2.05, 4.69) is 397 Å². The molecule has 0 saturated heterocycles. The average molecular weight is 1660 g/mol. The molecule has 19 aromatic carbocycles. The zero-order chi connectivity index (χ0) is 86.0.